The second-order valence-electron chi connectivity index (χ2n) is 7.82. The molecule has 4 rings (SSSR count). The zero-order valence-electron chi connectivity index (χ0n) is 18.1. The van der Waals surface area contributed by atoms with Gasteiger partial charge in [0.05, 0.1) is 33.7 Å². The molecule has 2 aromatic carbocycles. The lowest BCUT2D eigenvalue weighted by Gasteiger charge is -2.38. The molecule has 0 unspecified atom stereocenters. The van der Waals surface area contributed by atoms with Crippen molar-refractivity contribution < 1.29 is 14.3 Å². The quantitative estimate of drug-likeness (QED) is 0.252. The number of para-hydroxylation sites is 2. The van der Waals surface area contributed by atoms with E-state index >= 15 is 0 Å². The number of carbonyl (C=O) groups is 2. The highest BCUT2D eigenvalue weighted by Gasteiger charge is 2.47. The first kappa shape index (κ1) is 22.6. The van der Waals surface area contributed by atoms with E-state index in [9.17, 15) is 9.59 Å². The Labute approximate surface area is 197 Å². The molecule has 2 atom stereocenters. The number of amides is 1. The Hall–Kier alpha value is -2.57. The van der Waals surface area contributed by atoms with Gasteiger partial charge < -0.3 is 9.30 Å². The van der Waals surface area contributed by atoms with Crippen LogP contribution in [0.5, 0.6) is 0 Å². The van der Waals surface area contributed by atoms with E-state index in [1.165, 1.54) is 0 Å². The van der Waals surface area contributed by atoms with Crippen molar-refractivity contribution in [2.75, 3.05) is 18.1 Å². The molecule has 0 fully saturated rings. The molecule has 168 valence electrons. The molecule has 0 spiro atoms. The highest BCUT2D eigenvalue weighted by molar-refractivity contribution is 6.42. The van der Waals surface area contributed by atoms with Crippen LogP contribution < -0.4 is 4.90 Å². The number of ether oxygens (including phenoxy) is 1. The number of nitrogens with zero attached hydrogens (tertiary/aromatic N) is 3. The fourth-order valence-electron chi connectivity index (χ4n) is 4.28. The molecule has 0 N–H and O–H groups in total. The standard InChI is InChI=1S/C24H25Cl2N3O3/c1-3-5-8-13-28-22(30)20(23(31)32-4-2)21(15-11-12-16(25)17(26)14-15)29-19-10-7-6-9-18(19)27-24(28)29/h6-7,9-12,14,20-21H,3-5,8,13H2,1-2H3/t20-,21+/m1/s1. The van der Waals surface area contributed by atoms with Gasteiger partial charge in [0.2, 0.25) is 11.9 Å². The molecule has 0 bridgehead atoms. The summed E-state index contributed by atoms with van der Waals surface area (Å²) in [4.78, 5) is 33.3. The average Bonchev–Trinajstić information content (AvgIpc) is 3.16. The zero-order valence-corrected chi connectivity index (χ0v) is 19.6. The number of hydrogen-bond acceptors (Lipinski definition) is 4. The molecular weight excluding hydrogens is 449 g/mol. The maximum atomic E-state index is 13.7. The van der Waals surface area contributed by atoms with Gasteiger partial charge in [0.1, 0.15) is 0 Å². The van der Waals surface area contributed by atoms with E-state index in [0.29, 0.717) is 28.1 Å². The van der Waals surface area contributed by atoms with Crippen LogP contribution in [0.4, 0.5) is 5.95 Å². The zero-order chi connectivity index (χ0) is 22.8. The Balaban J connectivity index is 1.95. The van der Waals surface area contributed by atoms with Crippen molar-refractivity contribution in [3.8, 4) is 0 Å². The topological polar surface area (TPSA) is 64.4 Å². The molecule has 1 amide bonds. The van der Waals surface area contributed by atoms with Crippen LogP contribution >= 0.6 is 23.2 Å². The Bertz CT molecular complexity index is 1160. The summed E-state index contributed by atoms with van der Waals surface area (Å²) in [6.45, 7) is 4.51. The van der Waals surface area contributed by atoms with Gasteiger partial charge in [-0.3, -0.25) is 14.5 Å². The van der Waals surface area contributed by atoms with E-state index in [0.717, 1.165) is 30.3 Å². The summed E-state index contributed by atoms with van der Waals surface area (Å²) in [6.07, 6.45) is 2.81. The average molecular weight is 474 g/mol. The van der Waals surface area contributed by atoms with Crippen molar-refractivity contribution in [2.24, 2.45) is 5.92 Å². The molecule has 0 radical (unpaired) electrons. The first-order valence-corrected chi connectivity index (χ1v) is 11.6. The van der Waals surface area contributed by atoms with Crippen LogP contribution in [0, 0.1) is 5.92 Å². The third-order valence-electron chi connectivity index (χ3n) is 5.76. The van der Waals surface area contributed by atoms with Gasteiger partial charge in [-0.15, -0.1) is 0 Å². The molecule has 1 aromatic heterocycles. The van der Waals surface area contributed by atoms with Gasteiger partial charge in [-0.25, -0.2) is 4.98 Å². The summed E-state index contributed by atoms with van der Waals surface area (Å²) < 4.78 is 7.32. The maximum Gasteiger partial charge on any atom is 0.321 e. The molecule has 32 heavy (non-hydrogen) atoms. The SMILES string of the molecule is CCCCCN1C(=O)[C@H](C(=O)OCC)[C@H](c2ccc(Cl)c(Cl)c2)n2c1nc1ccccc12. The van der Waals surface area contributed by atoms with Crippen molar-refractivity contribution in [3.05, 3.63) is 58.1 Å². The lowest BCUT2D eigenvalue weighted by atomic mass is 9.89. The molecule has 0 saturated heterocycles. The van der Waals surface area contributed by atoms with Crippen LogP contribution in [0.15, 0.2) is 42.5 Å². The number of halogens is 2. The number of esters is 1. The van der Waals surface area contributed by atoms with Gasteiger partial charge in [0.25, 0.3) is 0 Å². The van der Waals surface area contributed by atoms with Crippen LogP contribution in [0.1, 0.15) is 44.7 Å². The van der Waals surface area contributed by atoms with Crippen LogP contribution in [0.2, 0.25) is 10.0 Å². The first-order chi connectivity index (χ1) is 15.5. The number of benzene rings is 2. The van der Waals surface area contributed by atoms with Gasteiger partial charge >= 0.3 is 5.97 Å². The Kier molecular flexibility index (Phi) is 6.72. The lowest BCUT2D eigenvalue weighted by Crippen LogP contribution is -2.50. The number of unbranched alkanes of at least 4 members (excludes halogenated alkanes) is 2. The monoisotopic (exact) mass is 473 g/mol. The summed E-state index contributed by atoms with van der Waals surface area (Å²) in [7, 11) is 0. The number of fused-ring (bicyclic) bond motifs is 3. The van der Waals surface area contributed by atoms with E-state index in [1.807, 2.05) is 28.8 Å². The third-order valence-corrected chi connectivity index (χ3v) is 6.49. The molecule has 2 heterocycles. The van der Waals surface area contributed by atoms with Gasteiger partial charge in [0, 0.05) is 6.54 Å². The van der Waals surface area contributed by atoms with Crippen LogP contribution in [-0.4, -0.2) is 34.6 Å². The van der Waals surface area contributed by atoms with Crippen molar-refractivity contribution >= 4 is 52.1 Å². The van der Waals surface area contributed by atoms with Gasteiger partial charge in [0.15, 0.2) is 5.92 Å². The Morgan fingerprint density at radius 1 is 1.09 bits per heavy atom. The predicted molar refractivity (Wildman–Crippen MR) is 126 cm³/mol. The summed E-state index contributed by atoms with van der Waals surface area (Å²) in [5.41, 5.74) is 2.29. The number of carbonyl (C=O) groups excluding carboxylic acids is 2. The summed E-state index contributed by atoms with van der Waals surface area (Å²) >= 11 is 12.5. The van der Waals surface area contributed by atoms with Gasteiger partial charge in [-0.2, -0.15) is 0 Å². The molecule has 3 aromatic rings. The van der Waals surface area contributed by atoms with E-state index in [2.05, 4.69) is 6.92 Å². The van der Waals surface area contributed by atoms with Gasteiger partial charge in [-0.1, -0.05) is 61.2 Å². The third kappa shape index (κ3) is 3.97. The molecule has 1 aliphatic rings. The van der Waals surface area contributed by atoms with Gasteiger partial charge in [-0.05, 0) is 43.2 Å². The first-order valence-electron chi connectivity index (χ1n) is 10.9. The predicted octanol–water partition coefficient (Wildman–Crippen LogP) is 5.65. The Morgan fingerprint density at radius 3 is 2.59 bits per heavy atom. The van der Waals surface area contributed by atoms with Crippen molar-refractivity contribution in [2.45, 2.75) is 39.2 Å². The van der Waals surface area contributed by atoms with E-state index in [4.69, 9.17) is 32.9 Å². The maximum absolute atomic E-state index is 13.7. The lowest BCUT2D eigenvalue weighted by molar-refractivity contribution is -0.153. The second-order valence-corrected chi connectivity index (χ2v) is 8.63. The van der Waals surface area contributed by atoms with E-state index in [-0.39, 0.29) is 12.5 Å². The van der Waals surface area contributed by atoms with Crippen molar-refractivity contribution in [1.82, 2.24) is 9.55 Å². The molecule has 0 saturated carbocycles. The molecular formula is C24H25Cl2N3O3. The number of rotatable bonds is 7. The fraction of sp³-hybridized carbons (Fsp3) is 0.375. The Morgan fingerprint density at radius 2 is 1.88 bits per heavy atom. The van der Waals surface area contributed by atoms with Crippen molar-refractivity contribution in [3.63, 3.8) is 0 Å². The minimum atomic E-state index is -1.06. The number of anilines is 1. The van der Waals surface area contributed by atoms with Crippen LogP contribution in [0.3, 0.4) is 0 Å². The van der Waals surface area contributed by atoms with E-state index < -0.39 is 17.9 Å². The number of imidazole rings is 1. The number of aromatic nitrogens is 2. The highest BCUT2D eigenvalue weighted by Crippen LogP contribution is 2.42. The normalized spacial score (nSPS) is 18.1. The minimum absolute atomic E-state index is 0.185. The minimum Gasteiger partial charge on any atom is -0.465 e. The van der Waals surface area contributed by atoms with Crippen LogP contribution in [-0.2, 0) is 14.3 Å². The summed E-state index contributed by atoms with van der Waals surface area (Å²) in [5, 5.41) is 0.762. The second kappa shape index (κ2) is 9.51. The molecule has 6 nitrogen and oxygen atoms in total. The van der Waals surface area contributed by atoms with E-state index in [1.54, 1.807) is 30.0 Å². The fourth-order valence-corrected chi connectivity index (χ4v) is 4.58. The molecule has 1 aliphatic heterocycles. The highest BCUT2D eigenvalue weighted by atomic mass is 35.5. The molecule has 8 heteroatoms. The summed E-state index contributed by atoms with van der Waals surface area (Å²) in [5.74, 6) is -1.39. The largest absolute Gasteiger partial charge is 0.465 e. The molecule has 0 aliphatic carbocycles. The summed E-state index contributed by atoms with van der Waals surface area (Å²) in [6, 6.07) is 12.2. The van der Waals surface area contributed by atoms with Crippen LogP contribution in [0.25, 0.3) is 11.0 Å². The number of hydrogen-bond donors (Lipinski definition) is 0. The van der Waals surface area contributed by atoms with Crippen molar-refractivity contribution in [1.29, 1.82) is 0 Å². The smallest absolute Gasteiger partial charge is 0.321 e.